The lowest BCUT2D eigenvalue weighted by molar-refractivity contribution is -0.138. The lowest BCUT2D eigenvalue weighted by Gasteiger charge is -2.23. The molecule has 2 rings (SSSR count). The van der Waals surface area contributed by atoms with Crippen LogP contribution in [-0.2, 0) is 11.3 Å². The van der Waals surface area contributed by atoms with Crippen LogP contribution in [0.25, 0.3) is 0 Å². The number of aliphatic carboxylic acids is 1. The third kappa shape index (κ3) is 3.33. The number of likely N-dealkylation sites (tertiary alicyclic amines) is 1. The van der Waals surface area contributed by atoms with Gasteiger partial charge in [0.15, 0.2) is 0 Å². The SMILES string of the molecule is Cc1ccc(CN2CCCC2CC(=O)O)cc1Br. The Labute approximate surface area is 116 Å². The van der Waals surface area contributed by atoms with Crippen molar-refractivity contribution in [3.8, 4) is 0 Å². The number of hydrogen-bond donors (Lipinski definition) is 1. The fourth-order valence-corrected chi connectivity index (χ4v) is 2.93. The number of aryl methyl sites for hydroxylation is 1. The molecule has 1 fully saturated rings. The van der Waals surface area contributed by atoms with E-state index in [-0.39, 0.29) is 12.5 Å². The van der Waals surface area contributed by atoms with Crippen molar-refractivity contribution in [2.75, 3.05) is 6.54 Å². The largest absolute Gasteiger partial charge is 0.481 e. The summed E-state index contributed by atoms with van der Waals surface area (Å²) in [6, 6.07) is 6.55. The summed E-state index contributed by atoms with van der Waals surface area (Å²) in [4.78, 5) is 13.1. The summed E-state index contributed by atoms with van der Waals surface area (Å²) < 4.78 is 1.12. The first-order chi connectivity index (χ1) is 8.56. The highest BCUT2D eigenvalue weighted by Gasteiger charge is 2.26. The van der Waals surface area contributed by atoms with Crippen molar-refractivity contribution in [3.63, 3.8) is 0 Å². The number of carboxylic acids is 1. The second-order valence-corrected chi connectivity index (χ2v) is 5.80. The molecule has 1 aromatic rings. The first kappa shape index (κ1) is 13.6. The fraction of sp³-hybridized carbons (Fsp3) is 0.500. The van der Waals surface area contributed by atoms with E-state index >= 15 is 0 Å². The summed E-state index contributed by atoms with van der Waals surface area (Å²) in [7, 11) is 0. The predicted octanol–water partition coefficient (Wildman–Crippen LogP) is 3.20. The van der Waals surface area contributed by atoms with E-state index in [1.807, 2.05) is 0 Å². The molecule has 0 spiro atoms. The van der Waals surface area contributed by atoms with Gasteiger partial charge in [0.25, 0.3) is 0 Å². The lowest BCUT2D eigenvalue weighted by atomic mass is 10.1. The molecule has 3 nitrogen and oxygen atoms in total. The molecule has 0 amide bonds. The smallest absolute Gasteiger partial charge is 0.304 e. The van der Waals surface area contributed by atoms with Gasteiger partial charge in [-0.1, -0.05) is 28.1 Å². The molecule has 18 heavy (non-hydrogen) atoms. The van der Waals surface area contributed by atoms with E-state index in [1.54, 1.807) is 0 Å². The van der Waals surface area contributed by atoms with Gasteiger partial charge in [-0.15, -0.1) is 0 Å². The number of hydrogen-bond acceptors (Lipinski definition) is 2. The summed E-state index contributed by atoms with van der Waals surface area (Å²) in [6.07, 6.45) is 2.36. The van der Waals surface area contributed by atoms with Crippen LogP contribution in [0.5, 0.6) is 0 Å². The number of benzene rings is 1. The van der Waals surface area contributed by atoms with Gasteiger partial charge >= 0.3 is 5.97 Å². The molecule has 1 saturated heterocycles. The Bertz CT molecular complexity index is 447. The second-order valence-electron chi connectivity index (χ2n) is 4.95. The number of carbonyl (C=O) groups is 1. The molecule has 0 aliphatic carbocycles. The minimum absolute atomic E-state index is 0.197. The molecule has 1 aromatic carbocycles. The molecular weight excluding hydrogens is 294 g/mol. The van der Waals surface area contributed by atoms with E-state index in [1.165, 1.54) is 11.1 Å². The van der Waals surface area contributed by atoms with Crippen LogP contribution >= 0.6 is 15.9 Å². The Morgan fingerprint density at radius 1 is 1.56 bits per heavy atom. The summed E-state index contributed by atoms with van der Waals surface area (Å²) in [5.41, 5.74) is 2.46. The van der Waals surface area contributed by atoms with Crippen LogP contribution in [0, 0.1) is 6.92 Å². The average Bonchev–Trinajstić information content (AvgIpc) is 2.70. The van der Waals surface area contributed by atoms with Crippen LogP contribution in [0.4, 0.5) is 0 Å². The molecule has 1 aliphatic rings. The van der Waals surface area contributed by atoms with Gasteiger partial charge in [0.05, 0.1) is 6.42 Å². The van der Waals surface area contributed by atoms with Gasteiger partial charge in [-0.2, -0.15) is 0 Å². The molecule has 0 radical (unpaired) electrons. The predicted molar refractivity (Wildman–Crippen MR) is 74.6 cm³/mol. The second kappa shape index (κ2) is 5.85. The molecule has 1 N–H and O–H groups in total. The number of nitrogens with zero attached hydrogens (tertiary/aromatic N) is 1. The topological polar surface area (TPSA) is 40.5 Å². The number of halogens is 1. The third-order valence-electron chi connectivity index (χ3n) is 3.53. The normalized spacial score (nSPS) is 20.2. The Morgan fingerprint density at radius 3 is 3.00 bits per heavy atom. The monoisotopic (exact) mass is 311 g/mol. The molecule has 4 heteroatoms. The average molecular weight is 312 g/mol. The molecule has 1 aliphatic heterocycles. The Morgan fingerprint density at radius 2 is 2.33 bits per heavy atom. The first-order valence-electron chi connectivity index (χ1n) is 6.27. The standard InChI is InChI=1S/C14H18BrNO2/c1-10-4-5-11(7-13(10)15)9-16-6-2-3-12(16)8-14(17)18/h4-5,7,12H,2-3,6,8-9H2,1H3,(H,17,18). The van der Waals surface area contributed by atoms with E-state index in [9.17, 15) is 4.79 Å². The molecule has 1 heterocycles. The minimum atomic E-state index is -0.697. The van der Waals surface area contributed by atoms with Crippen molar-refractivity contribution < 1.29 is 9.90 Å². The molecular formula is C14H18BrNO2. The number of rotatable bonds is 4. The highest BCUT2D eigenvalue weighted by Crippen LogP contribution is 2.24. The van der Waals surface area contributed by atoms with Crippen molar-refractivity contribution in [1.82, 2.24) is 4.90 Å². The summed E-state index contributed by atoms with van der Waals surface area (Å²) >= 11 is 3.54. The van der Waals surface area contributed by atoms with Crippen LogP contribution in [-0.4, -0.2) is 28.6 Å². The first-order valence-corrected chi connectivity index (χ1v) is 7.06. The maximum Gasteiger partial charge on any atom is 0.304 e. The van der Waals surface area contributed by atoms with Gasteiger partial charge in [-0.3, -0.25) is 9.69 Å². The summed E-state index contributed by atoms with van der Waals surface area (Å²) in [5.74, 6) is -0.697. The van der Waals surface area contributed by atoms with Crippen molar-refractivity contribution in [2.45, 2.75) is 38.8 Å². The van der Waals surface area contributed by atoms with E-state index in [4.69, 9.17) is 5.11 Å². The lowest BCUT2D eigenvalue weighted by Crippen LogP contribution is -2.30. The van der Waals surface area contributed by atoms with E-state index in [2.05, 4.69) is 46.0 Å². The van der Waals surface area contributed by atoms with Crippen LogP contribution in [0.3, 0.4) is 0 Å². The van der Waals surface area contributed by atoms with Crippen molar-refractivity contribution in [3.05, 3.63) is 33.8 Å². The maximum atomic E-state index is 10.8. The van der Waals surface area contributed by atoms with Crippen molar-refractivity contribution >= 4 is 21.9 Å². The molecule has 1 unspecified atom stereocenters. The van der Waals surface area contributed by atoms with Crippen molar-refractivity contribution in [2.24, 2.45) is 0 Å². The highest BCUT2D eigenvalue weighted by molar-refractivity contribution is 9.10. The van der Waals surface area contributed by atoms with E-state index in [0.717, 1.165) is 30.4 Å². The molecule has 0 bridgehead atoms. The van der Waals surface area contributed by atoms with Gasteiger partial charge in [0.1, 0.15) is 0 Å². The maximum absolute atomic E-state index is 10.8. The summed E-state index contributed by atoms with van der Waals surface area (Å²) in [5, 5.41) is 8.90. The van der Waals surface area contributed by atoms with Gasteiger partial charge in [0, 0.05) is 17.1 Å². The quantitative estimate of drug-likeness (QED) is 0.928. The molecule has 0 aromatic heterocycles. The van der Waals surface area contributed by atoms with E-state index in [0.29, 0.717) is 0 Å². The van der Waals surface area contributed by atoms with E-state index < -0.39 is 5.97 Å². The highest BCUT2D eigenvalue weighted by atomic mass is 79.9. The van der Waals surface area contributed by atoms with Crippen molar-refractivity contribution in [1.29, 1.82) is 0 Å². The minimum Gasteiger partial charge on any atom is -0.481 e. The van der Waals surface area contributed by atoms with Crippen LogP contribution in [0.15, 0.2) is 22.7 Å². The molecule has 1 atom stereocenters. The molecule has 98 valence electrons. The molecule has 0 saturated carbocycles. The van der Waals surface area contributed by atoms with Crippen LogP contribution < -0.4 is 0 Å². The zero-order chi connectivity index (χ0) is 13.1. The Balaban J connectivity index is 2.03. The van der Waals surface area contributed by atoms with Gasteiger partial charge in [-0.25, -0.2) is 0 Å². The Kier molecular flexibility index (Phi) is 4.40. The van der Waals surface area contributed by atoms with Gasteiger partial charge in [0.2, 0.25) is 0 Å². The fourth-order valence-electron chi connectivity index (χ4n) is 2.51. The third-order valence-corrected chi connectivity index (χ3v) is 4.39. The van der Waals surface area contributed by atoms with Gasteiger partial charge in [-0.05, 0) is 43.5 Å². The zero-order valence-corrected chi connectivity index (χ0v) is 12.1. The Hall–Kier alpha value is -0.870. The zero-order valence-electron chi connectivity index (χ0n) is 10.5. The van der Waals surface area contributed by atoms with Gasteiger partial charge < -0.3 is 5.11 Å². The number of carboxylic acid groups (broad SMARTS) is 1. The summed E-state index contributed by atoms with van der Waals surface area (Å²) in [6.45, 7) is 3.91. The van der Waals surface area contributed by atoms with Crippen LogP contribution in [0.2, 0.25) is 0 Å². The van der Waals surface area contributed by atoms with Crippen LogP contribution in [0.1, 0.15) is 30.4 Å².